The summed E-state index contributed by atoms with van der Waals surface area (Å²) in [5, 5.41) is 11.2. The Hall–Kier alpha value is -2.14. The highest BCUT2D eigenvalue weighted by atomic mass is 35.5. The van der Waals surface area contributed by atoms with Gasteiger partial charge in [-0.1, -0.05) is 11.6 Å². The fourth-order valence-corrected chi connectivity index (χ4v) is 2.05. The first-order valence-electron chi connectivity index (χ1n) is 6.21. The number of hydrogen-bond donors (Lipinski definition) is 0. The van der Waals surface area contributed by atoms with Gasteiger partial charge < -0.3 is 4.74 Å². The third kappa shape index (κ3) is 3.49. The van der Waals surface area contributed by atoms with Crippen molar-refractivity contribution in [1.29, 1.82) is 0 Å². The highest BCUT2D eigenvalue weighted by Gasteiger charge is 2.14. The molecule has 0 atom stereocenters. The van der Waals surface area contributed by atoms with E-state index in [0.29, 0.717) is 16.3 Å². The maximum absolute atomic E-state index is 13.5. The Morgan fingerprint density at radius 2 is 1.86 bits per heavy atom. The fourth-order valence-electron chi connectivity index (χ4n) is 1.94. The second kappa shape index (κ2) is 6.10. The summed E-state index contributed by atoms with van der Waals surface area (Å²) in [4.78, 5) is 9.78. The zero-order valence-corrected chi connectivity index (χ0v) is 12.3. The van der Waals surface area contributed by atoms with Crippen LogP contribution in [0.25, 0.3) is 0 Å². The maximum atomic E-state index is 13.5. The van der Waals surface area contributed by atoms with E-state index in [1.807, 2.05) is 13.8 Å². The van der Waals surface area contributed by atoms with Crippen LogP contribution in [-0.2, 0) is 6.61 Å². The molecule has 2 aromatic carbocycles. The molecule has 0 saturated heterocycles. The average Bonchev–Trinajstić information content (AvgIpc) is 2.42. The van der Waals surface area contributed by atoms with Crippen LogP contribution >= 0.6 is 11.6 Å². The quantitative estimate of drug-likeness (QED) is 0.613. The van der Waals surface area contributed by atoms with Crippen molar-refractivity contribution in [2.45, 2.75) is 20.5 Å². The summed E-state index contributed by atoms with van der Waals surface area (Å²) in [6.07, 6.45) is 0. The van der Waals surface area contributed by atoms with Crippen LogP contribution in [0.4, 0.5) is 10.1 Å². The molecule has 0 amide bonds. The molecule has 0 saturated carbocycles. The van der Waals surface area contributed by atoms with Gasteiger partial charge >= 0.3 is 5.69 Å². The molecule has 2 aromatic rings. The van der Waals surface area contributed by atoms with Gasteiger partial charge in [0.25, 0.3) is 0 Å². The molecule has 0 aromatic heterocycles. The molecule has 2 rings (SSSR count). The van der Waals surface area contributed by atoms with Gasteiger partial charge in [-0.3, -0.25) is 10.1 Å². The fraction of sp³-hybridized carbons (Fsp3) is 0.200. The highest BCUT2D eigenvalue weighted by molar-refractivity contribution is 6.32. The Morgan fingerprint density at radius 3 is 2.38 bits per heavy atom. The highest BCUT2D eigenvalue weighted by Crippen LogP contribution is 2.26. The largest absolute Gasteiger partial charge is 0.489 e. The summed E-state index contributed by atoms with van der Waals surface area (Å²) in [6.45, 7) is 3.86. The maximum Gasteiger partial charge on any atom is 0.304 e. The van der Waals surface area contributed by atoms with Gasteiger partial charge in [-0.25, -0.2) is 0 Å². The molecule has 4 nitrogen and oxygen atoms in total. The molecule has 110 valence electrons. The molecule has 0 heterocycles. The van der Waals surface area contributed by atoms with E-state index in [9.17, 15) is 14.5 Å². The summed E-state index contributed by atoms with van der Waals surface area (Å²) >= 11 is 6.07. The first-order chi connectivity index (χ1) is 9.88. The van der Waals surface area contributed by atoms with Crippen molar-refractivity contribution in [2.75, 3.05) is 0 Å². The van der Waals surface area contributed by atoms with Crippen molar-refractivity contribution in [3.63, 3.8) is 0 Å². The van der Waals surface area contributed by atoms with E-state index in [0.717, 1.165) is 23.3 Å². The number of benzene rings is 2. The number of nitro benzene ring substituents is 1. The minimum absolute atomic E-state index is 0.120. The third-order valence-electron chi connectivity index (χ3n) is 3.02. The molecule has 0 unspecified atom stereocenters. The van der Waals surface area contributed by atoms with E-state index < -0.39 is 16.4 Å². The number of ether oxygens (including phenoxy) is 1. The summed E-state index contributed by atoms with van der Waals surface area (Å²) in [5.41, 5.74) is 1.75. The van der Waals surface area contributed by atoms with E-state index in [2.05, 4.69) is 0 Å². The lowest BCUT2D eigenvalue weighted by molar-refractivity contribution is -0.387. The van der Waals surface area contributed by atoms with Gasteiger partial charge in [0, 0.05) is 11.1 Å². The van der Waals surface area contributed by atoms with E-state index in [1.54, 1.807) is 12.1 Å². The molecule has 0 fully saturated rings. The molecule has 21 heavy (non-hydrogen) atoms. The van der Waals surface area contributed by atoms with Gasteiger partial charge in [0.2, 0.25) is 5.82 Å². The zero-order valence-electron chi connectivity index (χ0n) is 11.5. The molecule has 0 bridgehead atoms. The van der Waals surface area contributed by atoms with Crippen LogP contribution in [-0.4, -0.2) is 4.92 Å². The van der Waals surface area contributed by atoms with Crippen molar-refractivity contribution in [3.8, 4) is 5.75 Å². The molecular weight excluding hydrogens is 297 g/mol. The Balaban J connectivity index is 2.13. The Kier molecular flexibility index (Phi) is 4.43. The minimum atomic E-state index is -0.871. The van der Waals surface area contributed by atoms with Crippen molar-refractivity contribution >= 4 is 17.3 Å². The van der Waals surface area contributed by atoms with E-state index in [4.69, 9.17) is 16.3 Å². The number of hydrogen-bond acceptors (Lipinski definition) is 3. The van der Waals surface area contributed by atoms with Crippen LogP contribution in [0.1, 0.15) is 16.7 Å². The second-order valence-corrected chi connectivity index (χ2v) is 5.08. The summed E-state index contributed by atoms with van der Waals surface area (Å²) < 4.78 is 19.1. The zero-order chi connectivity index (χ0) is 15.6. The molecule has 0 spiro atoms. The average molecular weight is 310 g/mol. The lowest BCUT2D eigenvalue weighted by Gasteiger charge is -2.10. The molecule has 0 aliphatic rings. The van der Waals surface area contributed by atoms with Crippen molar-refractivity contribution in [3.05, 3.63) is 68.0 Å². The minimum Gasteiger partial charge on any atom is -0.489 e. The van der Waals surface area contributed by atoms with Crippen molar-refractivity contribution < 1.29 is 14.1 Å². The van der Waals surface area contributed by atoms with Crippen molar-refractivity contribution in [2.24, 2.45) is 0 Å². The topological polar surface area (TPSA) is 52.4 Å². The normalized spacial score (nSPS) is 10.5. The number of halogens is 2. The number of nitrogens with zero attached hydrogens (tertiary/aromatic N) is 1. The number of nitro groups is 1. The molecule has 0 N–H and O–H groups in total. The van der Waals surface area contributed by atoms with Crippen LogP contribution in [0.3, 0.4) is 0 Å². The lowest BCUT2D eigenvalue weighted by atomic mass is 10.1. The number of aryl methyl sites for hydroxylation is 2. The predicted octanol–water partition coefficient (Wildman–Crippen LogP) is 4.58. The van der Waals surface area contributed by atoms with Gasteiger partial charge in [0.15, 0.2) is 0 Å². The standard InChI is InChI=1S/C15H13ClFNO3/c1-9-5-12(6-10(2)15(9)16)21-8-11-3-4-14(18(19)20)13(17)7-11/h3-7H,8H2,1-2H3. The second-order valence-electron chi connectivity index (χ2n) is 4.70. The van der Waals surface area contributed by atoms with Crippen LogP contribution < -0.4 is 4.74 Å². The van der Waals surface area contributed by atoms with Crippen LogP contribution in [0.15, 0.2) is 30.3 Å². The molecule has 6 heteroatoms. The molecular formula is C15H13ClFNO3. The van der Waals surface area contributed by atoms with E-state index in [-0.39, 0.29) is 6.61 Å². The molecule has 0 aliphatic heterocycles. The monoisotopic (exact) mass is 309 g/mol. The van der Waals surface area contributed by atoms with Gasteiger partial charge in [-0.2, -0.15) is 4.39 Å². The Morgan fingerprint density at radius 1 is 1.24 bits per heavy atom. The summed E-state index contributed by atoms with van der Waals surface area (Å²) in [5.74, 6) is -0.252. The predicted molar refractivity (Wildman–Crippen MR) is 78.3 cm³/mol. The first kappa shape index (κ1) is 15.3. The van der Waals surface area contributed by atoms with Gasteiger partial charge in [0.1, 0.15) is 12.4 Å². The number of rotatable bonds is 4. The van der Waals surface area contributed by atoms with Crippen molar-refractivity contribution in [1.82, 2.24) is 0 Å². The van der Waals surface area contributed by atoms with Gasteiger partial charge in [-0.05, 0) is 54.8 Å². The van der Waals surface area contributed by atoms with Gasteiger partial charge in [-0.15, -0.1) is 0 Å². The smallest absolute Gasteiger partial charge is 0.304 e. The SMILES string of the molecule is Cc1cc(OCc2ccc([N+](=O)[O-])c(F)c2)cc(C)c1Cl. The van der Waals surface area contributed by atoms with Crippen LogP contribution in [0.2, 0.25) is 5.02 Å². The van der Waals surface area contributed by atoms with Crippen LogP contribution in [0.5, 0.6) is 5.75 Å². The summed E-state index contributed by atoms with van der Waals surface area (Å²) in [7, 11) is 0. The summed E-state index contributed by atoms with van der Waals surface area (Å²) in [6, 6.07) is 7.28. The Labute approximate surface area is 126 Å². The van der Waals surface area contributed by atoms with Crippen LogP contribution in [0, 0.1) is 29.8 Å². The van der Waals surface area contributed by atoms with Gasteiger partial charge in [0.05, 0.1) is 4.92 Å². The third-order valence-corrected chi connectivity index (χ3v) is 3.62. The Bertz CT molecular complexity index is 680. The van der Waals surface area contributed by atoms with E-state index in [1.165, 1.54) is 6.07 Å². The lowest BCUT2D eigenvalue weighted by Crippen LogP contribution is -1.99. The molecule has 0 radical (unpaired) electrons. The molecule has 0 aliphatic carbocycles. The van der Waals surface area contributed by atoms with E-state index >= 15 is 0 Å². The first-order valence-corrected chi connectivity index (χ1v) is 6.58.